The van der Waals surface area contributed by atoms with Gasteiger partial charge in [-0.2, -0.15) is 0 Å². The maximum atomic E-state index is 13.7. The van der Waals surface area contributed by atoms with Crippen LogP contribution in [0.1, 0.15) is 25.0 Å². The van der Waals surface area contributed by atoms with E-state index in [4.69, 9.17) is 0 Å². The summed E-state index contributed by atoms with van der Waals surface area (Å²) in [6.45, 7) is 6.77. The fourth-order valence-electron chi connectivity index (χ4n) is 2.04. The van der Waals surface area contributed by atoms with E-state index in [2.05, 4.69) is 24.1 Å². The first-order chi connectivity index (χ1) is 8.02. The quantitative estimate of drug-likeness (QED) is 0.819. The Morgan fingerprint density at radius 2 is 2.06 bits per heavy atom. The number of benzene rings is 1. The van der Waals surface area contributed by atoms with Gasteiger partial charge in [-0.05, 0) is 31.6 Å². The van der Waals surface area contributed by atoms with Crippen LogP contribution in [0, 0.1) is 11.7 Å². The van der Waals surface area contributed by atoms with E-state index in [1.54, 1.807) is 6.07 Å². The van der Waals surface area contributed by atoms with Crippen molar-refractivity contribution in [3.05, 3.63) is 35.1 Å². The molecule has 0 amide bonds. The standard InChI is InChI=1S/C14H23FN2/c1-11(2)9-17(4)10-13-7-12(8-16-3)5-6-14(13)15/h5-7,11,16H,8-10H2,1-4H3. The van der Waals surface area contributed by atoms with Gasteiger partial charge in [-0.1, -0.05) is 26.0 Å². The second-order valence-corrected chi connectivity index (χ2v) is 5.05. The highest BCUT2D eigenvalue weighted by atomic mass is 19.1. The molecule has 0 aliphatic rings. The van der Waals surface area contributed by atoms with Crippen LogP contribution in [0.5, 0.6) is 0 Å². The largest absolute Gasteiger partial charge is 0.316 e. The SMILES string of the molecule is CNCc1ccc(F)c(CN(C)CC(C)C)c1. The molecule has 0 atom stereocenters. The molecule has 0 fully saturated rings. The molecule has 0 saturated heterocycles. The van der Waals surface area contributed by atoms with Gasteiger partial charge in [-0.25, -0.2) is 4.39 Å². The average Bonchev–Trinajstić information content (AvgIpc) is 2.22. The van der Waals surface area contributed by atoms with Crippen LogP contribution in [0.15, 0.2) is 18.2 Å². The van der Waals surface area contributed by atoms with Crippen LogP contribution in [0.2, 0.25) is 0 Å². The summed E-state index contributed by atoms with van der Waals surface area (Å²) in [5, 5.41) is 3.08. The Hall–Kier alpha value is -0.930. The molecule has 0 bridgehead atoms. The van der Waals surface area contributed by atoms with Crippen molar-refractivity contribution in [3.8, 4) is 0 Å². The van der Waals surface area contributed by atoms with Gasteiger partial charge in [-0.3, -0.25) is 0 Å². The van der Waals surface area contributed by atoms with E-state index < -0.39 is 0 Å². The van der Waals surface area contributed by atoms with E-state index in [1.807, 2.05) is 26.2 Å². The lowest BCUT2D eigenvalue weighted by atomic mass is 10.1. The van der Waals surface area contributed by atoms with E-state index >= 15 is 0 Å². The average molecular weight is 238 g/mol. The monoisotopic (exact) mass is 238 g/mol. The van der Waals surface area contributed by atoms with E-state index in [9.17, 15) is 4.39 Å². The Kier molecular flexibility index (Phi) is 5.59. The van der Waals surface area contributed by atoms with Gasteiger partial charge in [0, 0.05) is 25.2 Å². The summed E-state index contributed by atoms with van der Waals surface area (Å²) in [7, 11) is 3.93. The summed E-state index contributed by atoms with van der Waals surface area (Å²) in [4.78, 5) is 2.16. The van der Waals surface area contributed by atoms with Crippen molar-refractivity contribution in [3.63, 3.8) is 0 Å². The lowest BCUT2D eigenvalue weighted by Crippen LogP contribution is -2.23. The van der Waals surface area contributed by atoms with E-state index in [-0.39, 0.29) is 5.82 Å². The maximum absolute atomic E-state index is 13.7. The number of hydrogen-bond donors (Lipinski definition) is 1. The summed E-state index contributed by atoms with van der Waals surface area (Å²) < 4.78 is 13.7. The smallest absolute Gasteiger partial charge is 0.127 e. The molecule has 0 aliphatic heterocycles. The second-order valence-electron chi connectivity index (χ2n) is 5.05. The molecule has 1 aromatic rings. The predicted octanol–water partition coefficient (Wildman–Crippen LogP) is 2.63. The van der Waals surface area contributed by atoms with Crippen LogP contribution < -0.4 is 5.32 Å². The predicted molar refractivity (Wildman–Crippen MR) is 70.3 cm³/mol. The van der Waals surface area contributed by atoms with Crippen molar-refractivity contribution in [2.75, 3.05) is 20.6 Å². The number of rotatable bonds is 6. The van der Waals surface area contributed by atoms with Crippen molar-refractivity contribution in [1.82, 2.24) is 10.2 Å². The van der Waals surface area contributed by atoms with Gasteiger partial charge in [0.15, 0.2) is 0 Å². The molecule has 2 nitrogen and oxygen atoms in total. The Labute approximate surface area is 104 Å². The molecule has 0 heterocycles. The van der Waals surface area contributed by atoms with Gasteiger partial charge < -0.3 is 10.2 Å². The minimum Gasteiger partial charge on any atom is -0.316 e. The molecule has 1 N–H and O–H groups in total. The van der Waals surface area contributed by atoms with Gasteiger partial charge in [0.25, 0.3) is 0 Å². The number of nitrogens with zero attached hydrogens (tertiary/aromatic N) is 1. The fraction of sp³-hybridized carbons (Fsp3) is 0.571. The topological polar surface area (TPSA) is 15.3 Å². The third-order valence-corrected chi connectivity index (χ3v) is 2.61. The Balaban J connectivity index is 2.71. The minimum atomic E-state index is -0.111. The third-order valence-electron chi connectivity index (χ3n) is 2.61. The van der Waals surface area contributed by atoms with Crippen molar-refractivity contribution in [1.29, 1.82) is 0 Å². The molecule has 0 radical (unpaired) electrons. The Morgan fingerprint density at radius 3 is 2.65 bits per heavy atom. The molecule has 0 aliphatic carbocycles. The van der Waals surface area contributed by atoms with Crippen molar-refractivity contribution in [2.45, 2.75) is 26.9 Å². The summed E-state index contributed by atoms with van der Waals surface area (Å²) in [5.41, 5.74) is 1.91. The summed E-state index contributed by atoms with van der Waals surface area (Å²) in [6.07, 6.45) is 0. The molecule has 0 unspecified atom stereocenters. The first-order valence-corrected chi connectivity index (χ1v) is 6.13. The summed E-state index contributed by atoms with van der Waals surface area (Å²) >= 11 is 0. The molecule has 1 rings (SSSR count). The van der Waals surface area contributed by atoms with E-state index in [0.717, 1.165) is 24.2 Å². The van der Waals surface area contributed by atoms with Gasteiger partial charge in [0.05, 0.1) is 0 Å². The van der Waals surface area contributed by atoms with Crippen LogP contribution in [0.4, 0.5) is 4.39 Å². The lowest BCUT2D eigenvalue weighted by Gasteiger charge is -2.19. The molecule has 0 saturated carbocycles. The summed E-state index contributed by atoms with van der Waals surface area (Å²) in [5.74, 6) is 0.490. The fourth-order valence-corrected chi connectivity index (χ4v) is 2.04. The third kappa shape index (κ3) is 4.84. The summed E-state index contributed by atoms with van der Waals surface area (Å²) in [6, 6.07) is 5.34. The van der Waals surface area contributed by atoms with Crippen molar-refractivity contribution >= 4 is 0 Å². The van der Waals surface area contributed by atoms with Crippen molar-refractivity contribution < 1.29 is 4.39 Å². The van der Waals surface area contributed by atoms with Gasteiger partial charge >= 0.3 is 0 Å². The molecule has 1 aromatic carbocycles. The maximum Gasteiger partial charge on any atom is 0.127 e. The first-order valence-electron chi connectivity index (χ1n) is 6.13. The van der Waals surface area contributed by atoms with Gasteiger partial charge in [-0.15, -0.1) is 0 Å². The zero-order valence-electron chi connectivity index (χ0n) is 11.3. The van der Waals surface area contributed by atoms with Gasteiger partial charge in [0.2, 0.25) is 0 Å². The highest BCUT2D eigenvalue weighted by molar-refractivity contribution is 5.25. The number of hydrogen-bond acceptors (Lipinski definition) is 2. The number of halogens is 1. The lowest BCUT2D eigenvalue weighted by molar-refractivity contribution is 0.284. The molecule has 0 aromatic heterocycles. The Morgan fingerprint density at radius 1 is 1.35 bits per heavy atom. The highest BCUT2D eigenvalue weighted by Gasteiger charge is 2.08. The molecular weight excluding hydrogens is 215 g/mol. The van der Waals surface area contributed by atoms with Crippen LogP contribution in [-0.4, -0.2) is 25.5 Å². The van der Waals surface area contributed by atoms with Crippen LogP contribution in [0.3, 0.4) is 0 Å². The minimum absolute atomic E-state index is 0.111. The van der Waals surface area contributed by atoms with Crippen LogP contribution in [-0.2, 0) is 13.1 Å². The molecular formula is C14H23FN2. The Bertz CT molecular complexity index is 350. The van der Waals surface area contributed by atoms with E-state index in [0.29, 0.717) is 12.5 Å². The zero-order chi connectivity index (χ0) is 12.8. The van der Waals surface area contributed by atoms with Gasteiger partial charge in [0.1, 0.15) is 5.82 Å². The van der Waals surface area contributed by atoms with Crippen LogP contribution >= 0.6 is 0 Å². The molecule has 3 heteroatoms. The molecule has 96 valence electrons. The zero-order valence-corrected chi connectivity index (χ0v) is 11.3. The van der Waals surface area contributed by atoms with Crippen molar-refractivity contribution in [2.24, 2.45) is 5.92 Å². The molecule has 0 spiro atoms. The molecule has 17 heavy (non-hydrogen) atoms. The van der Waals surface area contributed by atoms with Crippen LogP contribution in [0.25, 0.3) is 0 Å². The number of nitrogens with one attached hydrogen (secondary N) is 1. The highest BCUT2D eigenvalue weighted by Crippen LogP contribution is 2.13. The second kappa shape index (κ2) is 6.72. The van der Waals surface area contributed by atoms with E-state index in [1.165, 1.54) is 0 Å². The normalized spacial score (nSPS) is 11.5. The first kappa shape index (κ1) is 14.1.